The number of benzene rings is 1. The number of carbonyl (C=O) groups is 2. The lowest BCUT2D eigenvalue weighted by atomic mass is 10.1. The molecule has 3 rings (SSSR count). The lowest BCUT2D eigenvalue weighted by Gasteiger charge is -2.40. The van der Waals surface area contributed by atoms with Gasteiger partial charge in [0.05, 0.1) is 19.8 Å². The van der Waals surface area contributed by atoms with Crippen LogP contribution in [0.4, 0.5) is 0 Å². The Hall–Kier alpha value is -2.08. The molecule has 1 amide bonds. The van der Waals surface area contributed by atoms with Crippen LogP contribution in [0.25, 0.3) is 0 Å². The summed E-state index contributed by atoms with van der Waals surface area (Å²) in [5.41, 5.74) is 0.783. The van der Waals surface area contributed by atoms with Gasteiger partial charge in [0, 0.05) is 37.3 Å². The van der Waals surface area contributed by atoms with Crippen LogP contribution < -0.4 is 4.74 Å². The van der Waals surface area contributed by atoms with Gasteiger partial charge in [-0.3, -0.25) is 9.69 Å². The highest BCUT2D eigenvalue weighted by molar-refractivity contribution is 5.98. The van der Waals surface area contributed by atoms with E-state index in [1.54, 1.807) is 18.2 Å². The maximum atomic E-state index is 12.9. The summed E-state index contributed by atoms with van der Waals surface area (Å²) in [5.74, 6) is -0.0675. The van der Waals surface area contributed by atoms with E-state index >= 15 is 0 Å². The smallest absolute Gasteiger partial charge is 0.338 e. The van der Waals surface area contributed by atoms with Gasteiger partial charge >= 0.3 is 5.97 Å². The SMILES string of the molecule is COC(=O)c1cc(OC)cc(C(=O)N2CCN(C3CC3)CC2C)c1. The van der Waals surface area contributed by atoms with E-state index in [1.165, 1.54) is 27.1 Å². The van der Waals surface area contributed by atoms with Crippen LogP contribution >= 0.6 is 0 Å². The van der Waals surface area contributed by atoms with E-state index in [0.29, 0.717) is 29.5 Å². The average molecular weight is 332 g/mol. The molecule has 24 heavy (non-hydrogen) atoms. The van der Waals surface area contributed by atoms with Gasteiger partial charge in [-0.05, 0) is 38.0 Å². The second-order valence-electron chi connectivity index (χ2n) is 6.52. The first kappa shape index (κ1) is 16.8. The summed E-state index contributed by atoms with van der Waals surface area (Å²) in [7, 11) is 2.84. The Labute approximate surface area is 142 Å². The van der Waals surface area contributed by atoms with Gasteiger partial charge < -0.3 is 14.4 Å². The van der Waals surface area contributed by atoms with Crippen LogP contribution in [0, 0.1) is 0 Å². The Morgan fingerprint density at radius 2 is 1.79 bits per heavy atom. The highest BCUT2D eigenvalue weighted by atomic mass is 16.5. The molecule has 1 aliphatic heterocycles. The fourth-order valence-electron chi connectivity index (χ4n) is 3.30. The molecule has 0 spiro atoms. The second-order valence-corrected chi connectivity index (χ2v) is 6.52. The van der Waals surface area contributed by atoms with Gasteiger partial charge in [-0.1, -0.05) is 0 Å². The predicted octanol–water partition coefficient (Wildman–Crippen LogP) is 1.79. The molecule has 0 radical (unpaired) electrons. The number of methoxy groups -OCH3 is 2. The molecule has 1 saturated carbocycles. The monoisotopic (exact) mass is 332 g/mol. The second kappa shape index (κ2) is 6.81. The molecule has 2 fully saturated rings. The van der Waals surface area contributed by atoms with E-state index in [4.69, 9.17) is 9.47 Å². The lowest BCUT2D eigenvalue weighted by molar-refractivity contribution is 0.0473. The van der Waals surface area contributed by atoms with Gasteiger partial charge in [0.15, 0.2) is 0 Å². The van der Waals surface area contributed by atoms with E-state index in [-0.39, 0.29) is 11.9 Å². The molecule has 1 heterocycles. The molecule has 1 atom stereocenters. The summed E-state index contributed by atoms with van der Waals surface area (Å²) in [6.07, 6.45) is 2.55. The molecule has 2 aliphatic rings. The van der Waals surface area contributed by atoms with Crippen molar-refractivity contribution in [2.45, 2.75) is 31.8 Å². The highest BCUT2D eigenvalue weighted by Gasteiger charge is 2.35. The number of carbonyl (C=O) groups excluding carboxylic acids is 2. The predicted molar refractivity (Wildman–Crippen MR) is 89.4 cm³/mol. The minimum absolute atomic E-state index is 0.0676. The van der Waals surface area contributed by atoms with Crippen LogP contribution in [0.15, 0.2) is 18.2 Å². The van der Waals surface area contributed by atoms with Crippen molar-refractivity contribution in [3.05, 3.63) is 29.3 Å². The first-order valence-electron chi connectivity index (χ1n) is 8.36. The third-order valence-electron chi connectivity index (χ3n) is 4.79. The Bertz CT molecular complexity index is 642. The number of amides is 1. The van der Waals surface area contributed by atoms with Crippen molar-refractivity contribution in [2.75, 3.05) is 33.9 Å². The van der Waals surface area contributed by atoms with Crippen molar-refractivity contribution in [2.24, 2.45) is 0 Å². The molecule has 1 unspecified atom stereocenters. The van der Waals surface area contributed by atoms with Gasteiger partial charge in [-0.25, -0.2) is 4.79 Å². The maximum Gasteiger partial charge on any atom is 0.338 e. The molecule has 130 valence electrons. The number of rotatable bonds is 4. The lowest BCUT2D eigenvalue weighted by Crippen LogP contribution is -2.54. The number of esters is 1. The quantitative estimate of drug-likeness (QED) is 0.787. The largest absolute Gasteiger partial charge is 0.497 e. The number of ether oxygens (including phenoxy) is 2. The number of hydrogen-bond acceptors (Lipinski definition) is 5. The summed E-state index contributed by atoms with van der Waals surface area (Å²) in [6, 6.07) is 5.70. The zero-order chi connectivity index (χ0) is 17.3. The third kappa shape index (κ3) is 3.38. The van der Waals surface area contributed by atoms with Crippen molar-refractivity contribution < 1.29 is 19.1 Å². The summed E-state index contributed by atoms with van der Waals surface area (Å²) in [6.45, 7) is 4.61. The van der Waals surface area contributed by atoms with Crippen LogP contribution in [0.3, 0.4) is 0 Å². The molecular formula is C18H24N2O4. The van der Waals surface area contributed by atoms with Crippen LogP contribution in [0.2, 0.25) is 0 Å². The molecule has 0 bridgehead atoms. The van der Waals surface area contributed by atoms with Crippen LogP contribution in [-0.2, 0) is 4.74 Å². The van der Waals surface area contributed by atoms with Gasteiger partial charge in [-0.2, -0.15) is 0 Å². The van der Waals surface area contributed by atoms with Crippen LogP contribution in [0.1, 0.15) is 40.5 Å². The molecule has 1 aromatic rings. The van der Waals surface area contributed by atoms with Crippen LogP contribution in [-0.4, -0.2) is 67.6 Å². The zero-order valence-corrected chi connectivity index (χ0v) is 14.4. The topological polar surface area (TPSA) is 59.1 Å². The Balaban J connectivity index is 1.79. The number of hydrogen-bond donors (Lipinski definition) is 0. The minimum atomic E-state index is -0.477. The van der Waals surface area contributed by atoms with E-state index in [2.05, 4.69) is 11.8 Å². The summed E-state index contributed by atoms with van der Waals surface area (Å²) >= 11 is 0. The van der Waals surface area contributed by atoms with Crippen molar-refractivity contribution >= 4 is 11.9 Å². The van der Waals surface area contributed by atoms with Crippen molar-refractivity contribution in [1.29, 1.82) is 0 Å². The first-order valence-corrected chi connectivity index (χ1v) is 8.36. The maximum absolute atomic E-state index is 12.9. The normalized spacial score (nSPS) is 21.5. The molecule has 0 N–H and O–H groups in total. The van der Waals surface area contributed by atoms with Gasteiger partial charge in [0.1, 0.15) is 5.75 Å². The molecule has 6 heteroatoms. The van der Waals surface area contributed by atoms with Gasteiger partial charge in [0.25, 0.3) is 5.91 Å². The van der Waals surface area contributed by atoms with E-state index < -0.39 is 5.97 Å². The van der Waals surface area contributed by atoms with Crippen molar-refractivity contribution in [1.82, 2.24) is 9.80 Å². The van der Waals surface area contributed by atoms with E-state index in [0.717, 1.165) is 13.1 Å². The Morgan fingerprint density at radius 1 is 1.08 bits per heavy atom. The average Bonchev–Trinajstić information content (AvgIpc) is 3.45. The summed E-state index contributed by atoms with van der Waals surface area (Å²) in [4.78, 5) is 29.1. The number of nitrogens with zero attached hydrogens (tertiary/aromatic N) is 2. The van der Waals surface area contributed by atoms with Gasteiger partial charge in [-0.15, -0.1) is 0 Å². The first-order chi connectivity index (χ1) is 11.5. The standard InChI is InChI=1S/C18H24N2O4/c1-12-11-19(15-4-5-15)6-7-20(12)17(21)13-8-14(18(22)24-3)10-16(9-13)23-2/h8-10,12,15H,4-7,11H2,1-3H3. The minimum Gasteiger partial charge on any atom is -0.497 e. The van der Waals surface area contributed by atoms with E-state index in [1.807, 2.05) is 4.90 Å². The molecule has 6 nitrogen and oxygen atoms in total. The highest BCUT2D eigenvalue weighted by Crippen LogP contribution is 2.29. The molecule has 1 saturated heterocycles. The van der Waals surface area contributed by atoms with Gasteiger partial charge in [0.2, 0.25) is 0 Å². The third-order valence-corrected chi connectivity index (χ3v) is 4.79. The fraction of sp³-hybridized carbons (Fsp3) is 0.556. The Kier molecular flexibility index (Phi) is 4.76. The molecule has 1 aliphatic carbocycles. The number of piperazine rings is 1. The zero-order valence-electron chi connectivity index (χ0n) is 14.4. The fourth-order valence-corrected chi connectivity index (χ4v) is 3.30. The van der Waals surface area contributed by atoms with Crippen LogP contribution in [0.5, 0.6) is 5.75 Å². The van der Waals surface area contributed by atoms with Crippen molar-refractivity contribution in [3.8, 4) is 5.75 Å². The Morgan fingerprint density at radius 3 is 2.38 bits per heavy atom. The summed E-state index contributed by atoms with van der Waals surface area (Å²) in [5, 5.41) is 0. The van der Waals surface area contributed by atoms with E-state index in [9.17, 15) is 9.59 Å². The molecule has 1 aromatic carbocycles. The molecule has 0 aromatic heterocycles. The van der Waals surface area contributed by atoms with Crippen molar-refractivity contribution in [3.63, 3.8) is 0 Å². The molecular weight excluding hydrogens is 308 g/mol. The summed E-state index contributed by atoms with van der Waals surface area (Å²) < 4.78 is 9.98.